The summed E-state index contributed by atoms with van der Waals surface area (Å²) in [4.78, 5) is 12.5. The summed E-state index contributed by atoms with van der Waals surface area (Å²) in [5, 5.41) is 13.5. The van der Waals surface area contributed by atoms with Crippen LogP contribution in [0.2, 0.25) is 0 Å². The summed E-state index contributed by atoms with van der Waals surface area (Å²) in [7, 11) is 0. The Morgan fingerprint density at radius 2 is 1.69 bits per heavy atom. The number of benzene rings is 3. The second kappa shape index (κ2) is 11.5. The van der Waals surface area contributed by atoms with Gasteiger partial charge in [0.1, 0.15) is 5.75 Å². The number of hydrazone groups is 1. The molecule has 8 heteroatoms. The zero-order chi connectivity index (χ0) is 24.6. The molecule has 0 saturated carbocycles. The Morgan fingerprint density at radius 3 is 2.40 bits per heavy atom. The molecule has 0 aliphatic carbocycles. The molecule has 3 aromatic carbocycles. The zero-order valence-electron chi connectivity index (χ0n) is 19.9. The van der Waals surface area contributed by atoms with Crippen molar-refractivity contribution in [3.05, 3.63) is 89.5 Å². The van der Waals surface area contributed by atoms with Crippen LogP contribution in [0.3, 0.4) is 0 Å². The van der Waals surface area contributed by atoms with Crippen LogP contribution in [0.15, 0.2) is 83.1 Å². The van der Waals surface area contributed by atoms with E-state index in [2.05, 4.69) is 20.7 Å². The summed E-state index contributed by atoms with van der Waals surface area (Å²) in [6.07, 6.45) is 1.58. The minimum absolute atomic E-state index is 0.141. The van der Waals surface area contributed by atoms with E-state index in [1.807, 2.05) is 98.1 Å². The van der Waals surface area contributed by atoms with E-state index in [1.165, 1.54) is 17.3 Å². The second-order valence-corrected chi connectivity index (χ2v) is 8.84. The van der Waals surface area contributed by atoms with Crippen molar-refractivity contribution in [2.75, 3.05) is 12.4 Å². The van der Waals surface area contributed by atoms with E-state index in [4.69, 9.17) is 4.74 Å². The number of rotatable bonds is 9. The van der Waals surface area contributed by atoms with Crippen LogP contribution in [-0.2, 0) is 4.79 Å². The molecule has 0 fully saturated rings. The van der Waals surface area contributed by atoms with Crippen LogP contribution in [0.25, 0.3) is 17.1 Å². The average molecular weight is 486 g/mol. The van der Waals surface area contributed by atoms with Gasteiger partial charge in [-0.3, -0.25) is 9.36 Å². The summed E-state index contributed by atoms with van der Waals surface area (Å²) < 4.78 is 7.56. The minimum atomic E-state index is -0.240. The lowest BCUT2D eigenvalue weighted by Gasteiger charge is -2.11. The monoisotopic (exact) mass is 485 g/mol. The number of aromatic nitrogens is 3. The topological polar surface area (TPSA) is 81.4 Å². The Hall–Kier alpha value is -3.91. The minimum Gasteiger partial charge on any atom is -0.493 e. The van der Waals surface area contributed by atoms with Crippen LogP contribution in [-0.4, -0.2) is 39.2 Å². The molecule has 4 aromatic rings. The molecule has 1 N–H and O–H groups in total. The smallest absolute Gasteiger partial charge is 0.250 e. The van der Waals surface area contributed by atoms with Crippen LogP contribution < -0.4 is 10.2 Å². The van der Waals surface area contributed by atoms with Gasteiger partial charge < -0.3 is 4.74 Å². The molecule has 0 bridgehead atoms. The van der Waals surface area contributed by atoms with E-state index in [0.717, 1.165) is 34.0 Å². The maximum absolute atomic E-state index is 12.5. The van der Waals surface area contributed by atoms with Crippen molar-refractivity contribution in [1.29, 1.82) is 0 Å². The van der Waals surface area contributed by atoms with Crippen LogP contribution >= 0.6 is 11.8 Å². The number of ether oxygens (including phenoxy) is 1. The van der Waals surface area contributed by atoms with Gasteiger partial charge in [-0.2, -0.15) is 5.10 Å². The molecule has 7 nitrogen and oxygen atoms in total. The predicted molar refractivity (Wildman–Crippen MR) is 140 cm³/mol. The maximum Gasteiger partial charge on any atom is 0.250 e. The van der Waals surface area contributed by atoms with Crippen molar-refractivity contribution < 1.29 is 9.53 Å². The van der Waals surface area contributed by atoms with Crippen molar-refractivity contribution in [3.8, 4) is 22.8 Å². The third-order valence-corrected chi connectivity index (χ3v) is 6.11. The van der Waals surface area contributed by atoms with Crippen molar-refractivity contribution in [3.63, 3.8) is 0 Å². The summed E-state index contributed by atoms with van der Waals surface area (Å²) >= 11 is 1.31. The predicted octanol–water partition coefficient (Wildman–Crippen LogP) is 5.19. The SMILES string of the molecule is CCOc1ccccc1/C=N\NC(=O)CSc1nnc(-c2ccc(C)cc2)n1-c1ccc(C)cc1. The number of para-hydroxylation sites is 1. The largest absolute Gasteiger partial charge is 0.493 e. The number of hydrogen-bond donors (Lipinski definition) is 1. The Labute approximate surface area is 209 Å². The normalized spacial score (nSPS) is 11.1. The molecule has 1 heterocycles. The average Bonchev–Trinajstić information content (AvgIpc) is 3.29. The first kappa shape index (κ1) is 24.2. The summed E-state index contributed by atoms with van der Waals surface area (Å²) in [5.41, 5.74) is 7.60. The van der Waals surface area contributed by atoms with Gasteiger partial charge in [-0.25, -0.2) is 5.43 Å². The van der Waals surface area contributed by atoms with Gasteiger partial charge in [0.05, 0.1) is 18.6 Å². The van der Waals surface area contributed by atoms with Crippen LogP contribution in [0, 0.1) is 13.8 Å². The fourth-order valence-electron chi connectivity index (χ4n) is 3.39. The Morgan fingerprint density at radius 1 is 1.00 bits per heavy atom. The molecular formula is C27H27N5O2S. The van der Waals surface area contributed by atoms with Gasteiger partial charge in [0, 0.05) is 16.8 Å². The third-order valence-electron chi connectivity index (χ3n) is 5.18. The summed E-state index contributed by atoms with van der Waals surface area (Å²) in [6, 6.07) is 23.8. The number of aryl methyl sites for hydroxylation is 2. The molecule has 1 aromatic heterocycles. The molecule has 1 amide bonds. The number of thioether (sulfide) groups is 1. The summed E-state index contributed by atoms with van der Waals surface area (Å²) in [6.45, 7) is 6.57. The van der Waals surface area contributed by atoms with Gasteiger partial charge >= 0.3 is 0 Å². The van der Waals surface area contributed by atoms with Gasteiger partial charge in [-0.1, -0.05) is 71.4 Å². The highest BCUT2D eigenvalue weighted by Crippen LogP contribution is 2.28. The van der Waals surface area contributed by atoms with Gasteiger partial charge in [0.2, 0.25) is 0 Å². The summed E-state index contributed by atoms with van der Waals surface area (Å²) in [5.74, 6) is 1.34. The van der Waals surface area contributed by atoms with E-state index in [1.54, 1.807) is 6.21 Å². The standard InChI is InChI=1S/C27H27N5O2S/c1-4-34-24-8-6-5-7-22(24)17-28-29-25(33)18-35-27-31-30-26(21-13-9-19(2)10-14-21)32(27)23-15-11-20(3)12-16-23/h5-17H,4,18H2,1-3H3,(H,29,33)/b28-17-. The van der Waals surface area contributed by atoms with E-state index in [9.17, 15) is 4.79 Å². The number of carbonyl (C=O) groups is 1. The van der Waals surface area contributed by atoms with Crippen LogP contribution in [0.4, 0.5) is 0 Å². The molecule has 0 unspecified atom stereocenters. The first-order chi connectivity index (χ1) is 17.0. The fourth-order valence-corrected chi connectivity index (χ4v) is 4.13. The molecule has 0 atom stereocenters. The zero-order valence-corrected chi connectivity index (χ0v) is 20.7. The number of amides is 1. The Kier molecular flexibility index (Phi) is 7.95. The highest BCUT2D eigenvalue weighted by Gasteiger charge is 2.17. The number of hydrogen-bond acceptors (Lipinski definition) is 6. The van der Waals surface area contributed by atoms with Crippen LogP contribution in [0.1, 0.15) is 23.6 Å². The van der Waals surface area contributed by atoms with Crippen molar-refractivity contribution in [2.45, 2.75) is 25.9 Å². The maximum atomic E-state index is 12.5. The quantitative estimate of drug-likeness (QED) is 0.200. The van der Waals surface area contributed by atoms with Gasteiger partial charge in [0.25, 0.3) is 5.91 Å². The van der Waals surface area contributed by atoms with Crippen molar-refractivity contribution >= 4 is 23.9 Å². The van der Waals surface area contributed by atoms with E-state index >= 15 is 0 Å². The van der Waals surface area contributed by atoms with E-state index in [0.29, 0.717) is 11.8 Å². The molecular weight excluding hydrogens is 458 g/mol. The lowest BCUT2D eigenvalue weighted by Crippen LogP contribution is -2.20. The highest BCUT2D eigenvalue weighted by molar-refractivity contribution is 7.99. The third kappa shape index (κ3) is 6.16. The Balaban J connectivity index is 1.49. The molecule has 4 rings (SSSR count). The lowest BCUT2D eigenvalue weighted by molar-refractivity contribution is -0.118. The Bertz CT molecular complexity index is 1310. The molecule has 0 saturated heterocycles. The molecule has 0 aliphatic heterocycles. The lowest BCUT2D eigenvalue weighted by atomic mass is 10.1. The fraction of sp³-hybridized carbons (Fsp3) is 0.185. The van der Waals surface area contributed by atoms with Crippen molar-refractivity contribution in [2.24, 2.45) is 5.10 Å². The molecule has 178 valence electrons. The van der Waals surface area contributed by atoms with Gasteiger partial charge in [-0.05, 0) is 45.0 Å². The van der Waals surface area contributed by atoms with E-state index in [-0.39, 0.29) is 11.7 Å². The first-order valence-corrected chi connectivity index (χ1v) is 12.3. The molecule has 35 heavy (non-hydrogen) atoms. The van der Waals surface area contributed by atoms with E-state index < -0.39 is 0 Å². The number of carbonyl (C=O) groups excluding carboxylic acids is 1. The van der Waals surface area contributed by atoms with Crippen molar-refractivity contribution in [1.82, 2.24) is 20.2 Å². The second-order valence-electron chi connectivity index (χ2n) is 7.90. The number of nitrogens with one attached hydrogen (secondary N) is 1. The van der Waals surface area contributed by atoms with Gasteiger partial charge in [-0.15, -0.1) is 10.2 Å². The first-order valence-electron chi connectivity index (χ1n) is 11.3. The number of nitrogens with zero attached hydrogens (tertiary/aromatic N) is 4. The van der Waals surface area contributed by atoms with Crippen LogP contribution in [0.5, 0.6) is 5.75 Å². The van der Waals surface area contributed by atoms with Gasteiger partial charge in [0.15, 0.2) is 11.0 Å². The molecule has 0 radical (unpaired) electrons. The molecule has 0 spiro atoms. The molecule has 0 aliphatic rings. The highest BCUT2D eigenvalue weighted by atomic mass is 32.2.